The van der Waals surface area contributed by atoms with Crippen molar-refractivity contribution in [2.24, 2.45) is 0 Å². The van der Waals surface area contributed by atoms with E-state index in [4.69, 9.17) is 5.11 Å². The maximum absolute atomic E-state index is 10.7. The highest BCUT2D eigenvalue weighted by Crippen LogP contribution is 2.16. The van der Waals surface area contributed by atoms with E-state index in [0.29, 0.717) is 10.3 Å². The van der Waals surface area contributed by atoms with Gasteiger partial charge in [-0.05, 0) is 28.1 Å². The Morgan fingerprint density at radius 2 is 2.38 bits per heavy atom. The Morgan fingerprint density at radius 1 is 1.62 bits per heavy atom. The standard InChI is InChI=1S/C7H4BrN3O2/c8-6-5(7(12)13)10-4-2-1-3-9-11(4)6/h1-3H,(H,12,13). The summed E-state index contributed by atoms with van der Waals surface area (Å²) in [6.45, 7) is 0. The molecule has 0 aliphatic heterocycles. The molecule has 2 rings (SSSR count). The molecule has 0 spiro atoms. The van der Waals surface area contributed by atoms with Gasteiger partial charge in [-0.3, -0.25) is 0 Å². The van der Waals surface area contributed by atoms with Gasteiger partial charge in [0.25, 0.3) is 0 Å². The van der Waals surface area contributed by atoms with Crippen molar-refractivity contribution in [3.05, 3.63) is 28.6 Å². The van der Waals surface area contributed by atoms with Gasteiger partial charge in [0.05, 0.1) is 0 Å². The molecule has 0 aliphatic rings. The van der Waals surface area contributed by atoms with Crippen LogP contribution in [0.3, 0.4) is 0 Å². The number of halogens is 1. The predicted octanol–water partition coefficient (Wildman–Crippen LogP) is 1.19. The third kappa shape index (κ3) is 1.19. The molecule has 2 heterocycles. The van der Waals surface area contributed by atoms with Crippen molar-refractivity contribution in [2.75, 3.05) is 0 Å². The second-order valence-electron chi connectivity index (χ2n) is 2.35. The van der Waals surface area contributed by atoms with E-state index in [1.54, 1.807) is 18.3 Å². The lowest BCUT2D eigenvalue weighted by Crippen LogP contribution is -1.97. The summed E-state index contributed by atoms with van der Waals surface area (Å²) in [4.78, 5) is 14.5. The molecule has 2 aromatic rings. The highest BCUT2D eigenvalue weighted by Gasteiger charge is 2.15. The van der Waals surface area contributed by atoms with E-state index in [-0.39, 0.29) is 5.69 Å². The van der Waals surface area contributed by atoms with Gasteiger partial charge in [-0.15, -0.1) is 0 Å². The summed E-state index contributed by atoms with van der Waals surface area (Å²) in [6, 6.07) is 3.38. The normalized spacial score (nSPS) is 10.5. The number of fused-ring (bicyclic) bond motifs is 1. The molecule has 0 bridgehead atoms. The molecule has 1 N–H and O–H groups in total. The molecule has 0 atom stereocenters. The van der Waals surface area contributed by atoms with Crippen molar-refractivity contribution in [1.82, 2.24) is 14.6 Å². The van der Waals surface area contributed by atoms with Crippen LogP contribution in [0.15, 0.2) is 22.9 Å². The molecular formula is C7H4BrN3O2. The number of carboxylic acid groups (broad SMARTS) is 1. The van der Waals surface area contributed by atoms with Gasteiger partial charge in [-0.25, -0.2) is 14.3 Å². The maximum Gasteiger partial charge on any atom is 0.357 e. The largest absolute Gasteiger partial charge is 0.476 e. The molecule has 0 radical (unpaired) electrons. The highest BCUT2D eigenvalue weighted by molar-refractivity contribution is 9.10. The summed E-state index contributed by atoms with van der Waals surface area (Å²) in [5.41, 5.74) is 0.477. The number of aromatic carboxylic acids is 1. The first kappa shape index (κ1) is 8.18. The van der Waals surface area contributed by atoms with Crippen LogP contribution in [-0.2, 0) is 0 Å². The van der Waals surface area contributed by atoms with E-state index in [1.165, 1.54) is 4.52 Å². The molecule has 13 heavy (non-hydrogen) atoms. The van der Waals surface area contributed by atoms with Gasteiger partial charge in [0.1, 0.15) is 4.60 Å². The van der Waals surface area contributed by atoms with Gasteiger partial charge in [0, 0.05) is 6.20 Å². The number of hydrogen-bond acceptors (Lipinski definition) is 3. The van der Waals surface area contributed by atoms with Crippen LogP contribution in [0.25, 0.3) is 5.65 Å². The first-order valence-corrected chi connectivity index (χ1v) is 4.22. The number of nitrogens with zero attached hydrogens (tertiary/aromatic N) is 3. The monoisotopic (exact) mass is 241 g/mol. The lowest BCUT2D eigenvalue weighted by Gasteiger charge is -1.90. The van der Waals surface area contributed by atoms with Gasteiger partial charge in [0.15, 0.2) is 11.3 Å². The Morgan fingerprint density at radius 3 is 3.00 bits per heavy atom. The van der Waals surface area contributed by atoms with E-state index in [9.17, 15) is 4.79 Å². The molecule has 5 nitrogen and oxygen atoms in total. The van der Waals surface area contributed by atoms with Crippen LogP contribution in [0.1, 0.15) is 10.5 Å². The van der Waals surface area contributed by atoms with Crippen molar-refractivity contribution in [2.45, 2.75) is 0 Å². The number of carboxylic acids is 1. The third-order valence-electron chi connectivity index (χ3n) is 1.54. The molecule has 0 saturated carbocycles. The number of hydrogen-bond donors (Lipinski definition) is 1. The van der Waals surface area contributed by atoms with Crippen molar-refractivity contribution < 1.29 is 9.90 Å². The van der Waals surface area contributed by atoms with Crippen LogP contribution in [0.5, 0.6) is 0 Å². The van der Waals surface area contributed by atoms with Gasteiger partial charge < -0.3 is 5.11 Å². The third-order valence-corrected chi connectivity index (χ3v) is 2.25. The van der Waals surface area contributed by atoms with Gasteiger partial charge in [-0.2, -0.15) is 5.10 Å². The van der Waals surface area contributed by atoms with Gasteiger partial charge in [-0.1, -0.05) is 0 Å². The molecule has 2 aromatic heterocycles. The van der Waals surface area contributed by atoms with Gasteiger partial charge >= 0.3 is 5.97 Å². The molecule has 0 unspecified atom stereocenters. The number of rotatable bonds is 1. The van der Waals surface area contributed by atoms with Gasteiger partial charge in [0.2, 0.25) is 0 Å². The summed E-state index contributed by atoms with van der Waals surface area (Å²) in [5.74, 6) is -1.07. The van der Waals surface area contributed by atoms with E-state index in [1.807, 2.05) is 0 Å². The van der Waals surface area contributed by atoms with Crippen molar-refractivity contribution in [3.63, 3.8) is 0 Å². The first-order chi connectivity index (χ1) is 6.20. The summed E-state index contributed by atoms with van der Waals surface area (Å²) in [5, 5.41) is 12.7. The zero-order valence-electron chi connectivity index (χ0n) is 6.31. The Hall–Kier alpha value is -1.43. The molecule has 0 saturated heterocycles. The minimum absolute atomic E-state index is 0.0290. The summed E-state index contributed by atoms with van der Waals surface area (Å²) >= 11 is 3.11. The van der Waals surface area contributed by atoms with Crippen molar-refractivity contribution in [3.8, 4) is 0 Å². The fraction of sp³-hybridized carbons (Fsp3) is 0. The maximum atomic E-state index is 10.7. The van der Waals surface area contributed by atoms with E-state index >= 15 is 0 Å². The zero-order valence-corrected chi connectivity index (χ0v) is 7.89. The average Bonchev–Trinajstić information content (AvgIpc) is 2.45. The zero-order chi connectivity index (χ0) is 9.42. The van der Waals surface area contributed by atoms with Crippen LogP contribution in [0.4, 0.5) is 0 Å². The Balaban J connectivity index is 2.81. The highest BCUT2D eigenvalue weighted by atomic mass is 79.9. The smallest absolute Gasteiger partial charge is 0.357 e. The molecule has 66 valence electrons. The minimum Gasteiger partial charge on any atom is -0.476 e. The van der Waals surface area contributed by atoms with Crippen molar-refractivity contribution >= 4 is 27.5 Å². The molecule has 6 heteroatoms. The van der Waals surface area contributed by atoms with Crippen LogP contribution < -0.4 is 0 Å². The van der Waals surface area contributed by atoms with Crippen LogP contribution in [0.2, 0.25) is 0 Å². The predicted molar refractivity (Wildman–Crippen MR) is 47.6 cm³/mol. The lowest BCUT2D eigenvalue weighted by molar-refractivity contribution is 0.0690. The topological polar surface area (TPSA) is 67.5 Å². The summed E-state index contributed by atoms with van der Waals surface area (Å²) in [6.07, 6.45) is 1.56. The quantitative estimate of drug-likeness (QED) is 0.815. The second kappa shape index (κ2) is 2.81. The molecular weight excluding hydrogens is 238 g/mol. The van der Waals surface area contributed by atoms with E-state index in [2.05, 4.69) is 26.0 Å². The van der Waals surface area contributed by atoms with Crippen LogP contribution in [0, 0.1) is 0 Å². The lowest BCUT2D eigenvalue weighted by atomic mass is 10.5. The van der Waals surface area contributed by atoms with Crippen LogP contribution in [-0.4, -0.2) is 25.7 Å². The summed E-state index contributed by atoms with van der Waals surface area (Å²) in [7, 11) is 0. The average molecular weight is 242 g/mol. The Kier molecular flexibility index (Phi) is 1.77. The molecule has 0 aromatic carbocycles. The SMILES string of the molecule is O=C(O)c1nc2cccnn2c1Br. The number of carbonyl (C=O) groups is 1. The molecule has 0 amide bonds. The molecule has 0 fully saturated rings. The Labute approximate surface area is 81.1 Å². The first-order valence-electron chi connectivity index (χ1n) is 3.42. The Bertz CT molecular complexity index is 480. The van der Waals surface area contributed by atoms with E-state index < -0.39 is 5.97 Å². The number of imidazole rings is 1. The fourth-order valence-electron chi connectivity index (χ4n) is 0.997. The number of aromatic nitrogens is 3. The van der Waals surface area contributed by atoms with E-state index in [0.717, 1.165) is 0 Å². The summed E-state index contributed by atoms with van der Waals surface area (Å²) < 4.78 is 1.78. The fourth-order valence-corrected chi connectivity index (χ4v) is 1.53. The van der Waals surface area contributed by atoms with Crippen molar-refractivity contribution in [1.29, 1.82) is 0 Å². The molecule has 0 aliphatic carbocycles. The second-order valence-corrected chi connectivity index (χ2v) is 3.10. The van der Waals surface area contributed by atoms with Crippen LogP contribution >= 0.6 is 15.9 Å². The minimum atomic E-state index is -1.07.